The SMILES string of the molecule is Cc1ccc(-c2cccc3[nH]c(-c4[nH]nc5ncc(-c6cncc(CN7CCCC7)c6)cc45)cc23)s1. The van der Waals surface area contributed by atoms with Gasteiger partial charge in [-0.15, -0.1) is 11.3 Å². The molecule has 1 saturated heterocycles. The van der Waals surface area contributed by atoms with Crippen LogP contribution in [0.5, 0.6) is 0 Å². The predicted octanol–water partition coefficient (Wildman–Crippen LogP) is 6.80. The van der Waals surface area contributed by atoms with Crippen LogP contribution in [0, 0.1) is 6.92 Å². The molecule has 0 amide bonds. The van der Waals surface area contributed by atoms with E-state index in [2.05, 4.69) is 85.5 Å². The van der Waals surface area contributed by atoms with E-state index < -0.39 is 0 Å². The van der Waals surface area contributed by atoms with Crippen LogP contribution in [0.4, 0.5) is 0 Å². The van der Waals surface area contributed by atoms with Gasteiger partial charge in [0.1, 0.15) is 0 Å². The molecular weight excluding hydrogens is 464 g/mol. The van der Waals surface area contributed by atoms with Gasteiger partial charge in [0.15, 0.2) is 5.65 Å². The largest absolute Gasteiger partial charge is 0.353 e. The first-order chi connectivity index (χ1) is 17.7. The Bertz CT molecular complexity index is 1700. The van der Waals surface area contributed by atoms with Gasteiger partial charge in [-0.25, -0.2) is 4.98 Å². The zero-order valence-electron chi connectivity index (χ0n) is 20.1. The Morgan fingerprint density at radius 2 is 1.83 bits per heavy atom. The number of likely N-dealkylation sites (tertiary alicyclic amines) is 1. The van der Waals surface area contributed by atoms with Crippen LogP contribution in [0.1, 0.15) is 23.3 Å². The highest BCUT2D eigenvalue weighted by molar-refractivity contribution is 7.15. The van der Waals surface area contributed by atoms with E-state index in [-0.39, 0.29) is 0 Å². The monoisotopic (exact) mass is 490 g/mol. The molecule has 7 rings (SSSR count). The molecule has 6 aromatic rings. The van der Waals surface area contributed by atoms with Crippen molar-refractivity contribution in [2.75, 3.05) is 13.1 Å². The maximum atomic E-state index is 4.67. The summed E-state index contributed by atoms with van der Waals surface area (Å²) in [6.45, 7) is 5.45. The van der Waals surface area contributed by atoms with Crippen molar-refractivity contribution < 1.29 is 0 Å². The number of thiophene rings is 1. The molecule has 1 aliphatic rings. The quantitative estimate of drug-likeness (QED) is 0.279. The van der Waals surface area contributed by atoms with Crippen molar-refractivity contribution in [3.05, 3.63) is 77.6 Å². The van der Waals surface area contributed by atoms with Crippen molar-refractivity contribution in [3.8, 4) is 33.0 Å². The molecule has 6 heterocycles. The highest BCUT2D eigenvalue weighted by atomic mass is 32.1. The summed E-state index contributed by atoms with van der Waals surface area (Å²) in [7, 11) is 0. The maximum absolute atomic E-state index is 4.67. The molecule has 0 bridgehead atoms. The molecule has 7 heteroatoms. The topological polar surface area (TPSA) is 73.5 Å². The second kappa shape index (κ2) is 8.69. The number of rotatable bonds is 5. The normalized spacial score (nSPS) is 14.4. The average molecular weight is 491 g/mol. The zero-order chi connectivity index (χ0) is 24.1. The van der Waals surface area contributed by atoms with E-state index in [1.165, 1.54) is 52.2 Å². The molecule has 5 aromatic heterocycles. The number of aromatic amines is 2. The lowest BCUT2D eigenvalue weighted by molar-refractivity contribution is 0.331. The molecule has 1 aliphatic heterocycles. The molecule has 0 spiro atoms. The van der Waals surface area contributed by atoms with E-state index in [4.69, 9.17) is 0 Å². The lowest BCUT2D eigenvalue weighted by Crippen LogP contribution is -2.18. The Morgan fingerprint density at radius 1 is 0.944 bits per heavy atom. The standard InChI is InChI=1S/C29H26N6S/c1-18-7-8-27(36-18)22-5-4-6-25-23(22)13-26(32-25)28-24-12-21(16-31-29(24)34-33-28)20-11-19(14-30-15-20)17-35-9-2-3-10-35/h4-8,11-16,32H,2-3,9-10,17H2,1H3,(H,31,33,34). The van der Waals surface area contributed by atoms with Crippen LogP contribution in [0.2, 0.25) is 0 Å². The van der Waals surface area contributed by atoms with Gasteiger partial charge in [0.2, 0.25) is 0 Å². The number of nitrogens with one attached hydrogen (secondary N) is 2. The fourth-order valence-electron chi connectivity index (χ4n) is 5.28. The second-order valence-electron chi connectivity index (χ2n) is 9.62. The lowest BCUT2D eigenvalue weighted by atomic mass is 10.1. The molecule has 0 aliphatic carbocycles. The third-order valence-corrected chi connectivity index (χ3v) is 8.12. The van der Waals surface area contributed by atoms with E-state index in [1.54, 1.807) is 0 Å². The second-order valence-corrected chi connectivity index (χ2v) is 10.9. The smallest absolute Gasteiger partial charge is 0.181 e. The van der Waals surface area contributed by atoms with Crippen molar-refractivity contribution in [3.63, 3.8) is 0 Å². The lowest BCUT2D eigenvalue weighted by Gasteiger charge is -2.14. The van der Waals surface area contributed by atoms with Gasteiger partial charge in [0.05, 0.1) is 11.4 Å². The first-order valence-corrected chi connectivity index (χ1v) is 13.2. The number of hydrogen-bond donors (Lipinski definition) is 2. The Hall–Kier alpha value is -3.81. The first kappa shape index (κ1) is 21.5. The van der Waals surface area contributed by atoms with Crippen molar-refractivity contribution in [2.45, 2.75) is 26.3 Å². The Kier molecular flexibility index (Phi) is 5.18. The highest BCUT2D eigenvalue weighted by Gasteiger charge is 2.16. The van der Waals surface area contributed by atoms with Gasteiger partial charge in [-0.2, -0.15) is 5.10 Å². The van der Waals surface area contributed by atoms with Crippen LogP contribution >= 0.6 is 11.3 Å². The molecule has 0 atom stereocenters. The minimum Gasteiger partial charge on any atom is -0.353 e. The zero-order valence-corrected chi connectivity index (χ0v) is 20.9. The summed E-state index contributed by atoms with van der Waals surface area (Å²) in [6, 6.07) is 17.4. The third kappa shape index (κ3) is 3.81. The average Bonchev–Trinajstić information content (AvgIpc) is 3.70. The van der Waals surface area contributed by atoms with Crippen LogP contribution < -0.4 is 0 Å². The van der Waals surface area contributed by atoms with Crippen LogP contribution in [-0.4, -0.2) is 43.1 Å². The van der Waals surface area contributed by atoms with Gasteiger partial charge in [0.25, 0.3) is 0 Å². The van der Waals surface area contributed by atoms with E-state index >= 15 is 0 Å². The fourth-order valence-corrected chi connectivity index (χ4v) is 6.18. The third-order valence-electron chi connectivity index (χ3n) is 7.08. The number of pyridine rings is 2. The van der Waals surface area contributed by atoms with Gasteiger partial charge in [-0.05, 0) is 74.8 Å². The van der Waals surface area contributed by atoms with Crippen molar-refractivity contribution in [1.82, 2.24) is 30.0 Å². The first-order valence-electron chi connectivity index (χ1n) is 12.4. The molecule has 2 N–H and O–H groups in total. The molecule has 0 radical (unpaired) electrons. The number of aryl methyl sites for hydroxylation is 1. The van der Waals surface area contributed by atoms with Gasteiger partial charge < -0.3 is 4.98 Å². The minimum absolute atomic E-state index is 0.711. The van der Waals surface area contributed by atoms with Crippen LogP contribution in [0.3, 0.4) is 0 Å². The summed E-state index contributed by atoms with van der Waals surface area (Å²) in [5.74, 6) is 0. The van der Waals surface area contributed by atoms with Crippen molar-refractivity contribution in [2.24, 2.45) is 0 Å². The van der Waals surface area contributed by atoms with Crippen LogP contribution in [-0.2, 0) is 6.54 Å². The molecule has 0 saturated carbocycles. The molecular formula is C29H26N6S. The van der Waals surface area contributed by atoms with Gasteiger partial charge in [-0.1, -0.05) is 12.1 Å². The van der Waals surface area contributed by atoms with E-state index in [0.717, 1.165) is 40.0 Å². The minimum atomic E-state index is 0.711. The van der Waals surface area contributed by atoms with Gasteiger partial charge in [0, 0.05) is 67.9 Å². The number of H-pyrrole nitrogens is 2. The number of hydrogen-bond acceptors (Lipinski definition) is 5. The highest BCUT2D eigenvalue weighted by Crippen LogP contribution is 2.37. The number of aromatic nitrogens is 5. The summed E-state index contributed by atoms with van der Waals surface area (Å²) in [5.41, 5.74) is 8.40. The summed E-state index contributed by atoms with van der Waals surface area (Å²) in [6.07, 6.45) is 8.38. The Balaban J connectivity index is 1.28. The number of nitrogens with zero attached hydrogens (tertiary/aromatic N) is 4. The summed E-state index contributed by atoms with van der Waals surface area (Å²) in [5, 5.41) is 9.93. The Morgan fingerprint density at radius 3 is 2.69 bits per heavy atom. The Labute approximate surface area is 213 Å². The van der Waals surface area contributed by atoms with Crippen molar-refractivity contribution >= 4 is 33.3 Å². The fraction of sp³-hybridized carbons (Fsp3) is 0.207. The van der Waals surface area contributed by atoms with E-state index in [0.29, 0.717) is 5.65 Å². The van der Waals surface area contributed by atoms with Crippen molar-refractivity contribution in [1.29, 1.82) is 0 Å². The summed E-state index contributed by atoms with van der Waals surface area (Å²) >= 11 is 1.82. The molecule has 1 aromatic carbocycles. The molecule has 0 unspecified atom stereocenters. The molecule has 178 valence electrons. The number of fused-ring (bicyclic) bond motifs is 2. The predicted molar refractivity (Wildman–Crippen MR) is 147 cm³/mol. The molecule has 1 fully saturated rings. The summed E-state index contributed by atoms with van der Waals surface area (Å²) in [4.78, 5) is 17.9. The van der Waals surface area contributed by atoms with Gasteiger partial charge in [-0.3, -0.25) is 15.0 Å². The molecule has 6 nitrogen and oxygen atoms in total. The van der Waals surface area contributed by atoms with E-state index in [9.17, 15) is 0 Å². The maximum Gasteiger partial charge on any atom is 0.181 e. The van der Waals surface area contributed by atoms with Crippen LogP contribution in [0.25, 0.3) is 54.9 Å². The molecule has 36 heavy (non-hydrogen) atoms. The summed E-state index contributed by atoms with van der Waals surface area (Å²) < 4.78 is 0. The number of benzene rings is 1. The van der Waals surface area contributed by atoms with E-state index in [1.807, 2.05) is 29.9 Å². The van der Waals surface area contributed by atoms with Gasteiger partial charge >= 0.3 is 0 Å². The van der Waals surface area contributed by atoms with Crippen LogP contribution in [0.15, 0.2) is 67.1 Å².